The summed E-state index contributed by atoms with van der Waals surface area (Å²) in [5, 5.41) is 11.4. The number of rotatable bonds is 10. The van der Waals surface area contributed by atoms with Crippen molar-refractivity contribution in [3.8, 4) is 0 Å². The topological polar surface area (TPSA) is 78.4 Å². The molecule has 0 heterocycles. The van der Waals surface area contributed by atoms with E-state index in [0.29, 0.717) is 13.0 Å². The predicted molar refractivity (Wildman–Crippen MR) is 70.1 cm³/mol. The molecule has 0 spiro atoms. The Balaban J connectivity index is 4.16. The van der Waals surface area contributed by atoms with Gasteiger partial charge in [0.2, 0.25) is 11.8 Å². The number of hydrogen-bond donors (Lipinski definition) is 3. The van der Waals surface area contributed by atoms with E-state index in [2.05, 4.69) is 19.2 Å². The van der Waals surface area contributed by atoms with Crippen molar-refractivity contribution in [3.05, 3.63) is 0 Å². The number of hydroxylamine groups is 1. The van der Waals surface area contributed by atoms with E-state index >= 15 is 0 Å². The summed E-state index contributed by atoms with van der Waals surface area (Å²) < 4.78 is 0. The van der Waals surface area contributed by atoms with Gasteiger partial charge < -0.3 is 5.32 Å². The Labute approximate surface area is 109 Å². The third-order valence-corrected chi connectivity index (χ3v) is 2.91. The van der Waals surface area contributed by atoms with Crippen LogP contribution in [0.5, 0.6) is 0 Å². The van der Waals surface area contributed by atoms with Crippen LogP contribution in [0.2, 0.25) is 0 Å². The van der Waals surface area contributed by atoms with Gasteiger partial charge in [-0.15, -0.1) is 0 Å². The molecule has 0 aromatic carbocycles. The molecule has 5 heteroatoms. The van der Waals surface area contributed by atoms with Crippen LogP contribution >= 0.6 is 0 Å². The zero-order chi connectivity index (χ0) is 13.8. The van der Waals surface area contributed by atoms with Crippen molar-refractivity contribution < 1.29 is 14.8 Å². The summed E-state index contributed by atoms with van der Waals surface area (Å²) in [5.41, 5.74) is 1.59. The fourth-order valence-corrected chi connectivity index (χ4v) is 1.77. The highest BCUT2D eigenvalue weighted by Crippen LogP contribution is 2.14. The summed E-state index contributed by atoms with van der Waals surface area (Å²) in [6, 6.07) is 0. The van der Waals surface area contributed by atoms with Crippen LogP contribution in [0, 0.1) is 5.92 Å². The van der Waals surface area contributed by atoms with Crippen molar-refractivity contribution in [2.45, 2.75) is 58.8 Å². The highest BCUT2D eigenvalue weighted by molar-refractivity contribution is 5.85. The van der Waals surface area contributed by atoms with Gasteiger partial charge in [0.25, 0.3) is 0 Å². The minimum atomic E-state index is -0.498. The van der Waals surface area contributed by atoms with E-state index < -0.39 is 5.91 Å². The van der Waals surface area contributed by atoms with E-state index in [1.807, 2.05) is 0 Å². The SMILES string of the molecule is CCCCCC(CC(=O)NO)C(=O)NCCCC. The van der Waals surface area contributed by atoms with Crippen LogP contribution in [0.25, 0.3) is 0 Å². The fourth-order valence-electron chi connectivity index (χ4n) is 1.77. The van der Waals surface area contributed by atoms with Crippen LogP contribution in [0.15, 0.2) is 0 Å². The Hall–Kier alpha value is -1.10. The molecule has 5 nitrogen and oxygen atoms in total. The van der Waals surface area contributed by atoms with E-state index in [9.17, 15) is 9.59 Å². The third-order valence-electron chi connectivity index (χ3n) is 2.91. The van der Waals surface area contributed by atoms with Crippen LogP contribution in [-0.2, 0) is 9.59 Å². The lowest BCUT2D eigenvalue weighted by Crippen LogP contribution is -2.34. The summed E-state index contributed by atoms with van der Waals surface area (Å²) in [6.07, 6.45) is 5.78. The maximum Gasteiger partial charge on any atom is 0.244 e. The van der Waals surface area contributed by atoms with Crippen molar-refractivity contribution in [1.29, 1.82) is 0 Å². The molecule has 0 aliphatic heterocycles. The predicted octanol–water partition coefficient (Wildman–Crippen LogP) is 1.99. The number of nitrogens with one attached hydrogen (secondary N) is 2. The molecular weight excluding hydrogens is 232 g/mol. The summed E-state index contributed by atoms with van der Waals surface area (Å²) in [5.74, 6) is -0.911. The Morgan fingerprint density at radius 2 is 1.78 bits per heavy atom. The van der Waals surface area contributed by atoms with E-state index in [4.69, 9.17) is 5.21 Å². The molecule has 0 saturated carbocycles. The normalized spacial score (nSPS) is 11.9. The monoisotopic (exact) mass is 258 g/mol. The zero-order valence-electron chi connectivity index (χ0n) is 11.5. The van der Waals surface area contributed by atoms with Crippen LogP contribution in [0.4, 0.5) is 0 Å². The molecule has 0 aliphatic carbocycles. The van der Waals surface area contributed by atoms with E-state index in [0.717, 1.165) is 32.1 Å². The van der Waals surface area contributed by atoms with E-state index in [-0.39, 0.29) is 18.2 Å². The summed E-state index contributed by atoms with van der Waals surface area (Å²) in [6.45, 7) is 4.81. The second kappa shape index (κ2) is 11.0. The van der Waals surface area contributed by atoms with Crippen molar-refractivity contribution in [1.82, 2.24) is 10.8 Å². The van der Waals surface area contributed by atoms with Crippen molar-refractivity contribution in [3.63, 3.8) is 0 Å². The molecule has 0 aromatic heterocycles. The highest BCUT2D eigenvalue weighted by Gasteiger charge is 2.20. The van der Waals surface area contributed by atoms with Gasteiger partial charge in [-0.25, -0.2) is 5.48 Å². The van der Waals surface area contributed by atoms with E-state index in [1.54, 1.807) is 5.48 Å². The lowest BCUT2D eigenvalue weighted by molar-refractivity contribution is -0.135. The second-order valence-electron chi connectivity index (χ2n) is 4.58. The summed E-state index contributed by atoms with van der Waals surface area (Å²) >= 11 is 0. The third kappa shape index (κ3) is 8.06. The first kappa shape index (κ1) is 16.9. The molecular formula is C13H26N2O3. The van der Waals surface area contributed by atoms with Gasteiger partial charge in [0.15, 0.2) is 0 Å². The average Bonchev–Trinajstić information content (AvgIpc) is 2.37. The van der Waals surface area contributed by atoms with Crippen LogP contribution < -0.4 is 10.8 Å². The summed E-state index contributed by atoms with van der Waals surface area (Å²) in [7, 11) is 0. The largest absolute Gasteiger partial charge is 0.356 e. The molecule has 0 aromatic rings. The number of carbonyl (C=O) groups excluding carboxylic acids is 2. The van der Waals surface area contributed by atoms with Gasteiger partial charge in [-0.3, -0.25) is 14.8 Å². The molecule has 0 saturated heterocycles. The quantitative estimate of drug-likeness (QED) is 0.318. The van der Waals surface area contributed by atoms with Crippen molar-refractivity contribution in [2.24, 2.45) is 5.92 Å². The van der Waals surface area contributed by atoms with Gasteiger partial charge in [0.05, 0.1) is 0 Å². The lowest BCUT2D eigenvalue weighted by atomic mass is 9.96. The zero-order valence-corrected chi connectivity index (χ0v) is 11.5. The first-order valence-electron chi connectivity index (χ1n) is 6.86. The number of amides is 2. The Morgan fingerprint density at radius 3 is 2.33 bits per heavy atom. The first-order chi connectivity index (χ1) is 8.65. The van der Waals surface area contributed by atoms with Crippen molar-refractivity contribution in [2.75, 3.05) is 6.54 Å². The molecule has 0 bridgehead atoms. The Kier molecular flexibility index (Phi) is 10.3. The van der Waals surface area contributed by atoms with Gasteiger partial charge in [0.1, 0.15) is 0 Å². The molecule has 2 amide bonds. The molecule has 0 fully saturated rings. The molecule has 1 atom stereocenters. The molecule has 3 N–H and O–H groups in total. The number of unbranched alkanes of at least 4 members (excludes halogenated alkanes) is 3. The Bertz CT molecular complexity index is 244. The highest BCUT2D eigenvalue weighted by atomic mass is 16.5. The molecule has 0 rings (SSSR count). The fraction of sp³-hybridized carbons (Fsp3) is 0.846. The van der Waals surface area contributed by atoms with E-state index in [1.165, 1.54) is 0 Å². The molecule has 1 unspecified atom stereocenters. The van der Waals surface area contributed by atoms with Crippen molar-refractivity contribution >= 4 is 11.8 Å². The molecule has 0 radical (unpaired) electrons. The first-order valence-corrected chi connectivity index (χ1v) is 6.86. The van der Waals surface area contributed by atoms with Gasteiger partial charge in [0, 0.05) is 18.9 Å². The minimum Gasteiger partial charge on any atom is -0.356 e. The maximum absolute atomic E-state index is 11.9. The maximum atomic E-state index is 11.9. The minimum absolute atomic E-state index is 0.0537. The second-order valence-corrected chi connectivity index (χ2v) is 4.58. The number of hydrogen-bond acceptors (Lipinski definition) is 3. The number of carbonyl (C=O) groups is 2. The standard InChI is InChI=1S/C13H26N2O3/c1-3-5-7-8-11(10-12(16)15-18)13(17)14-9-6-4-2/h11,18H,3-10H2,1-2H3,(H,14,17)(H,15,16). The Morgan fingerprint density at radius 1 is 1.11 bits per heavy atom. The van der Waals surface area contributed by atoms with Gasteiger partial charge >= 0.3 is 0 Å². The van der Waals surface area contributed by atoms with Gasteiger partial charge in [-0.05, 0) is 12.8 Å². The smallest absolute Gasteiger partial charge is 0.244 e. The molecule has 0 aliphatic rings. The molecule has 18 heavy (non-hydrogen) atoms. The lowest BCUT2D eigenvalue weighted by Gasteiger charge is -2.15. The van der Waals surface area contributed by atoms with Crippen LogP contribution in [0.3, 0.4) is 0 Å². The van der Waals surface area contributed by atoms with Gasteiger partial charge in [-0.2, -0.15) is 0 Å². The van der Waals surface area contributed by atoms with Crippen LogP contribution in [-0.4, -0.2) is 23.6 Å². The molecule has 106 valence electrons. The average molecular weight is 258 g/mol. The van der Waals surface area contributed by atoms with Gasteiger partial charge in [-0.1, -0.05) is 39.5 Å². The summed E-state index contributed by atoms with van der Waals surface area (Å²) in [4.78, 5) is 23.0. The van der Waals surface area contributed by atoms with Crippen LogP contribution in [0.1, 0.15) is 58.8 Å².